The van der Waals surface area contributed by atoms with Gasteiger partial charge in [-0.1, -0.05) is 6.92 Å². The van der Waals surface area contributed by atoms with Crippen LogP contribution in [0.4, 0.5) is 14.5 Å². The molecule has 0 bridgehead atoms. The van der Waals surface area contributed by atoms with Gasteiger partial charge in [0.15, 0.2) is 5.82 Å². The van der Waals surface area contributed by atoms with Crippen LogP contribution in [0, 0.1) is 23.0 Å². The molecular weight excluding hydrogens is 390 g/mol. The lowest BCUT2D eigenvalue weighted by molar-refractivity contribution is 0.103. The van der Waals surface area contributed by atoms with E-state index in [2.05, 4.69) is 9.97 Å². The Kier molecular flexibility index (Phi) is 5.11. The number of sulfonamides is 1. The molecule has 0 amide bonds. The van der Waals surface area contributed by atoms with E-state index in [1.807, 2.05) is 10.8 Å². The number of rotatable bonds is 6. The highest BCUT2D eigenvalue weighted by Gasteiger charge is 2.26. The van der Waals surface area contributed by atoms with Crippen LogP contribution in [0.3, 0.4) is 0 Å². The van der Waals surface area contributed by atoms with E-state index in [-0.39, 0.29) is 27.9 Å². The predicted molar refractivity (Wildman–Crippen MR) is 98.3 cm³/mol. The number of carbonyl (C=O) groups is 1. The summed E-state index contributed by atoms with van der Waals surface area (Å²) in [6.07, 6.45) is 2.85. The van der Waals surface area contributed by atoms with Crippen LogP contribution >= 0.6 is 0 Å². The van der Waals surface area contributed by atoms with Gasteiger partial charge in [-0.15, -0.1) is 0 Å². The minimum Gasteiger partial charge on any atom is -0.345 e. The number of nitrogens with one attached hydrogen (secondary N) is 2. The van der Waals surface area contributed by atoms with Gasteiger partial charge in [0.2, 0.25) is 15.8 Å². The third kappa shape index (κ3) is 3.44. The Morgan fingerprint density at radius 2 is 2.07 bits per heavy atom. The molecule has 3 rings (SSSR count). The van der Waals surface area contributed by atoms with E-state index in [1.54, 1.807) is 6.92 Å². The summed E-state index contributed by atoms with van der Waals surface area (Å²) in [5.41, 5.74) is -1.29. The molecule has 144 valence electrons. The molecule has 2 aromatic heterocycles. The topological polar surface area (TPSA) is 116 Å². The zero-order valence-corrected chi connectivity index (χ0v) is 15.4. The molecule has 7 nitrogen and oxygen atoms in total. The average molecular weight is 404 g/mol. The number of aromatic nitrogens is 2. The second kappa shape index (κ2) is 7.36. The van der Waals surface area contributed by atoms with E-state index < -0.39 is 38.7 Å². The Hall–Kier alpha value is -3.32. The zero-order valence-electron chi connectivity index (χ0n) is 14.6. The summed E-state index contributed by atoms with van der Waals surface area (Å²) in [4.78, 5) is 19.5. The third-order valence-corrected chi connectivity index (χ3v) is 5.47. The van der Waals surface area contributed by atoms with Gasteiger partial charge in [-0.05, 0) is 24.6 Å². The Labute approximate surface area is 159 Å². The fourth-order valence-corrected chi connectivity index (χ4v) is 3.92. The first-order valence-electron chi connectivity index (χ1n) is 8.18. The number of halogens is 2. The third-order valence-electron chi connectivity index (χ3n) is 4.00. The average Bonchev–Trinajstić information content (AvgIpc) is 3.08. The number of hydrogen-bond acceptors (Lipinski definition) is 5. The molecule has 0 spiro atoms. The molecule has 0 unspecified atom stereocenters. The number of anilines is 1. The van der Waals surface area contributed by atoms with Crippen molar-refractivity contribution in [2.24, 2.45) is 0 Å². The van der Waals surface area contributed by atoms with Gasteiger partial charge in [-0.2, -0.15) is 5.26 Å². The minimum absolute atomic E-state index is 0.107. The number of hydrogen-bond donors (Lipinski definition) is 2. The van der Waals surface area contributed by atoms with Crippen molar-refractivity contribution in [3.05, 3.63) is 58.9 Å². The van der Waals surface area contributed by atoms with Crippen molar-refractivity contribution in [2.45, 2.75) is 13.3 Å². The van der Waals surface area contributed by atoms with E-state index in [1.165, 1.54) is 18.5 Å². The van der Waals surface area contributed by atoms with Crippen molar-refractivity contribution in [3.8, 4) is 6.07 Å². The van der Waals surface area contributed by atoms with Crippen molar-refractivity contribution in [3.63, 3.8) is 0 Å². The van der Waals surface area contributed by atoms with E-state index in [9.17, 15) is 27.3 Å². The molecule has 0 radical (unpaired) electrons. The lowest BCUT2D eigenvalue weighted by atomic mass is 10.00. The highest BCUT2D eigenvalue weighted by atomic mass is 32.2. The maximum absolute atomic E-state index is 14.9. The fourth-order valence-electron chi connectivity index (χ4n) is 2.79. The first-order valence-corrected chi connectivity index (χ1v) is 9.83. The normalized spacial score (nSPS) is 11.4. The highest BCUT2D eigenvalue weighted by molar-refractivity contribution is 7.92. The van der Waals surface area contributed by atoms with Crippen LogP contribution in [0.2, 0.25) is 0 Å². The van der Waals surface area contributed by atoms with Gasteiger partial charge < -0.3 is 4.98 Å². The Balaban J connectivity index is 2.13. The number of nitrogens with zero attached hydrogens (tertiary/aromatic N) is 2. The van der Waals surface area contributed by atoms with Crippen LogP contribution in [0.25, 0.3) is 11.0 Å². The summed E-state index contributed by atoms with van der Waals surface area (Å²) >= 11 is 0. The SMILES string of the molecule is CCCS(=O)(=O)Nc1ccc(F)c(C(=O)c2c[nH]c3nccc(C#N)c23)c1F. The highest BCUT2D eigenvalue weighted by Crippen LogP contribution is 2.28. The van der Waals surface area contributed by atoms with Gasteiger partial charge >= 0.3 is 0 Å². The molecule has 28 heavy (non-hydrogen) atoms. The van der Waals surface area contributed by atoms with Crippen molar-refractivity contribution in [1.82, 2.24) is 9.97 Å². The van der Waals surface area contributed by atoms with Gasteiger partial charge in [0.05, 0.1) is 34.2 Å². The second-order valence-corrected chi connectivity index (χ2v) is 7.77. The molecule has 2 N–H and O–H groups in total. The molecule has 3 aromatic rings. The van der Waals surface area contributed by atoms with Crippen molar-refractivity contribution < 1.29 is 22.0 Å². The molecule has 0 atom stereocenters. The molecule has 0 aliphatic carbocycles. The number of fused-ring (bicyclic) bond motifs is 1. The largest absolute Gasteiger partial charge is 0.345 e. The van der Waals surface area contributed by atoms with Gasteiger partial charge in [0.25, 0.3) is 0 Å². The number of carbonyl (C=O) groups excluding carboxylic acids is 1. The van der Waals surface area contributed by atoms with Crippen LogP contribution in [-0.2, 0) is 10.0 Å². The molecule has 10 heteroatoms. The molecule has 0 aliphatic heterocycles. The summed E-state index contributed by atoms with van der Waals surface area (Å²) in [7, 11) is -3.84. The van der Waals surface area contributed by atoms with Crippen molar-refractivity contribution in [1.29, 1.82) is 5.26 Å². The lowest BCUT2D eigenvalue weighted by Crippen LogP contribution is -2.18. The standard InChI is InChI=1S/C18H14F2N4O3S/c1-2-7-28(26,27)24-13-4-3-12(19)15(16(13)20)17(25)11-9-23-18-14(11)10(8-21)5-6-22-18/h3-6,9,24H,2,7H2,1H3,(H,22,23). The molecule has 2 heterocycles. The monoisotopic (exact) mass is 404 g/mol. The first-order chi connectivity index (χ1) is 13.3. The number of ketones is 1. The van der Waals surface area contributed by atoms with Gasteiger partial charge in [0, 0.05) is 17.8 Å². The van der Waals surface area contributed by atoms with E-state index in [0.717, 1.165) is 12.1 Å². The molecule has 0 saturated heterocycles. The second-order valence-electron chi connectivity index (χ2n) is 5.93. The van der Waals surface area contributed by atoms with Crippen LogP contribution in [-0.4, -0.2) is 29.9 Å². The van der Waals surface area contributed by atoms with Gasteiger partial charge in [-0.25, -0.2) is 22.2 Å². The summed E-state index contributed by atoms with van der Waals surface area (Å²) in [5.74, 6) is -3.78. The molecule has 0 saturated carbocycles. The predicted octanol–water partition coefficient (Wildman–Crippen LogP) is 3.10. The Bertz CT molecular complexity index is 1230. The Morgan fingerprint density at radius 1 is 1.32 bits per heavy atom. The number of aromatic amines is 1. The maximum Gasteiger partial charge on any atom is 0.232 e. The molecule has 1 aromatic carbocycles. The summed E-state index contributed by atoms with van der Waals surface area (Å²) in [6, 6.07) is 4.98. The molecule has 0 fully saturated rings. The van der Waals surface area contributed by atoms with Gasteiger partial charge in [-0.3, -0.25) is 9.52 Å². The zero-order chi connectivity index (χ0) is 20.5. The van der Waals surface area contributed by atoms with Crippen LogP contribution in [0.15, 0.2) is 30.6 Å². The summed E-state index contributed by atoms with van der Waals surface area (Å²) < 4.78 is 55.0. The van der Waals surface area contributed by atoms with E-state index in [0.29, 0.717) is 6.42 Å². The quantitative estimate of drug-likeness (QED) is 0.613. The minimum atomic E-state index is -3.84. The molecule has 0 aliphatic rings. The summed E-state index contributed by atoms with van der Waals surface area (Å²) in [5, 5.41) is 9.36. The van der Waals surface area contributed by atoms with Crippen molar-refractivity contribution in [2.75, 3.05) is 10.5 Å². The molecular formula is C18H14F2N4O3S. The number of H-pyrrole nitrogens is 1. The lowest BCUT2D eigenvalue weighted by Gasteiger charge is -2.11. The first kappa shape index (κ1) is 19.4. The van der Waals surface area contributed by atoms with Gasteiger partial charge in [0.1, 0.15) is 11.5 Å². The Morgan fingerprint density at radius 3 is 2.75 bits per heavy atom. The number of pyridine rings is 1. The fraction of sp³-hybridized carbons (Fsp3) is 0.167. The number of benzene rings is 1. The van der Waals surface area contributed by atoms with Crippen molar-refractivity contribution >= 4 is 32.5 Å². The number of nitriles is 1. The maximum atomic E-state index is 14.9. The summed E-state index contributed by atoms with van der Waals surface area (Å²) in [6.45, 7) is 1.63. The van der Waals surface area contributed by atoms with E-state index >= 15 is 0 Å². The van der Waals surface area contributed by atoms with Crippen LogP contribution in [0.5, 0.6) is 0 Å². The van der Waals surface area contributed by atoms with Crippen LogP contribution in [0.1, 0.15) is 34.8 Å². The van der Waals surface area contributed by atoms with Crippen LogP contribution < -0.4 is 4.72 Å². The smallest absolute Gasteiger partial charge is 0.232 e. The van der Waals surface area contributed by atoms with E-state index in [4.69, 9.17) is 0 Å².